The van der Waals surface area contributed by atoms with E-state index in [-0.39, 0.29) is 22.8 Å². The molecule has 1 atom stereocenters. The molecular formula is C22H28N2O4S2. The topological polar surface area (TPSA) is 66.9 Å². The monoisotopic (exact) mass is 448 g/mol. The molecule has 1 unspecified atom stereocenters. The van der Waals surface area contributed by atoms with Gasteiger partial charge in [0, 0.05) is 30.4 Å². The molecule has 3 heterocycles. The summed E-state index contributed by atoms with van der Waals surface area (Å²) in [5, 5.41) is 2.06. The molecule has 1 amide bonds. The zero-order chi connectivity index (χ0) is 21.1. The van der Waals surface area contributed by atoms with E-state index in [9.17, 15) is 13.2 Å². The van der Waals surface area contributed by atoms with Gasteiger partial charge in [0.15, 0.2) is 0 Å². The number of rotatable bonds is 6. The summed E-state index contributed by atoms with van der Waals surface area (Å²) in [5.41, 5.74) is 0. The van der Waals surface area contributed by atoms with E-state index in [0.29, 0.717) is 38.3 Å². The fraction of sp³-hybridized carbons (Fsp3) is 0.500. The predicted octanol–water partition coefficient (Wildman–Crippen LogP) is 3.91. The Balaban J connectivity index is 1.39. The highest BCUT2D eigenvalue weighted by molar-refractivity contribution is 7.89. The van der Waals surface area contributed by atoms with Crippen molar-refractivity contribution in [3.63, 3.8) is 0 Å². The van der Waals surface area contributed by atoms with E-state index >= 15 is 0 Å². The zero-order valence-corrected chi connectivity index (χ0v) is 18.8. The number of sulfonamides is 1. The Morgan fingerprint density at radius 1 is 1.10 bits per heavy atom. The van der Waals surface area contributed by atoms with Crippen molar-refractivity contribution in [1.82, 2.24) is 9.21 Å². The maximum absolute atomic E-state index is 13.2. The smallest absolute Gasteiger partial charge is 0.243 e. The molecule has 2 saturated heterocycles. The lowest BCUT2D eigenvalue weighted by Gasteiger charge is -2.34. The van der Waals surface area contributed by atoms with Crippen molar-refractivity contribution in [2.45, 2.75) is 43.5 Å². The Morgan fingerprint density at radius 3 is 2.47 bits per heavy atom. The number of carbonyl (C=O) groups is 1. The summed E-state index contributed by atoms with van der Waals surface area (Å²) in [6, 6.07) is 10.9. The average molecular weight is 449 g/mol. The SMILES string of the molecule is CCOc1ccc(S(=O)(=O)N2CCC(C(=O)N3CCCC3c3cccs3)CC2)cc1. The Kier molecular flexibility index (Phi) is 6.46. The normalized spacial score (nSPS) is 21.1. The molecule has 1 aromatic carbocycles. The van der Waals surface area contributed by atoms with Gasteiger partial charge in [0.05, 0.1) is 17.5 Å². The minimum absolute atomic E-state index is 0.0997. The van der Waals surface area contributed by atoms with Crippen molar-refractivity contribution in [2.24, 2.45) is 5.92 Å². The second kappa shape index (κ2) is 9.08. The largest absolute Gasteiger partial charge is 0.494 e. The maximum Gasteiger partial charge on any atom is 0.243 e. The van der Waals surface area contributed by atoms with Crippen LogP contribution in [0.1, 0.15) is 43.5 Å². The van der Waals surface area contributed by atoms with Crippen molar-refractivity contribution in [1.29, 1.82) is 0 Å². The maximum atomic E-state index is 13.2. The van der Waals surface area contributed by atoms with E-state index in [1.54, 1.807) is 35.6 Å². The van der Waals surface area contributed by atoms with Gasteiger partial charge in [0.25, 0.3) is 0 Å². The molecule has 0 spiro atoms. The van der Waals surface area contributed by atoms with Crippen LogP contribution in [0.2, 0.25) is 0 Å². The zero-order valence-electron chi connectivity index (χ0n) is 17.2. The number of benzene rings is 1. The number of piperidine rings is 1. The third kappa shape index (κ3) is 4.26. The summed E-state index contributed by atoms with van der Waals surface area (Å²) in [7, 11) is -3.55. The van der Waals surface area contributed by atoms with Gasteiger partial charge in [-0.1, -0.05) is 6.07 Å². The molecule has 4 rings (SSSR count). The number of amides is 1. The molecule has 0 saturated carbocycles. The van der Waals surface area contributed by atoms with Gasteiger partial charge < -0.3 is 9.64 Å². The van der Waals surface area contributed by atoms with Gasteiger partial charge in [-0.3, -0.25) is 4.79 Å². The van der Waals surface area contributed by atoms with E-state index in [1.165, 1.54) is 9.18 Å². The molecule has 2 aromatic rings. The van der Waals surface area contributed by atoms with Crippen LogP contribution in [0.25, 0.3) is 0 Å². The van der Waals surface area contributed by atoms with Crippen LogP contribution < -0.4 is 4.74 Å². The van der Waals surface area contributed by atoms with E-state index in [0.717, 1.165) is 19.4 Å². The van der Waals surface area contributed by atoms with Gasteiger partial charge >= 0.3 is 0 Å². The highest BCUT2D eigenvalue weighted by atomic mass is 32.2. The standard InChI is InChI=1S/C22H28N2O4S2/c1-2-28-18-7-9-19(10-8-18)30(26,27)23-14-11-17(12-15-23)22(25)24-13-3-5-20(24)21-6-4-16-29-21/h4,6-10,16-17,20H,2-3,5,11-15H2,1H3. The first-order chi connectivity index (χ1) is 14.5. The number of carbonyl (C=O) groups excluding carboxylic acids is 1. The van der Waals surface area contributed by atoms with Gasteiger partial charge in [-0.2, -0.15) is 4.31 Å². The Labute approximate surface area is 182 Å². The molecule has 8 heteroatoms. The highest BCUT2D eigenvalue weighted by Crippen LogP contribution is 2.37. The van der Waals surface area contributed by atoms with Crippen LogP contribution in [0.15, 0.2) is 46.7 Å². The molecule has 6 nitrogen and oxygen atoms in total. The first-order valence-corrected chi connectivity index (χ1v) is 12.9. The fourth-order valence-electron chi connectivity index (χ4n) is 4.41. The number of ether oxygens (including phenoxy) is 1. The molecule has 0 N–H and O–H groups in total. The van der Waals surface area contributed by atoms with Gasteiger partial charge in [-0.25, -0.2) is 8.42 Å². The molecule has 1 aromatic heterocycles. The van der Waals surface area contributed by atoms with Crippen LogP contribution in [0.3, 0.4) is 0 Å². The lowest BCUT2D eigenvalue weighted by Crippen LogP contribution is -2.44. The van der Waals surface area contributed by atoms with Crippen molar-refractivity contribution in [2.75, 3.05) is 26.2 Å². The average Bonchev–Trinajstić information content (AvgIpc) is 3.46. The van der Waals surface area contributed by atoms with Crippen LogP contribution in [0, 0.1) is 5.92 Å². The minimum atomic E-state index is -3.55. The summed E-state index contributed by atoms with van der Waals surface area (Å²) >= 11 is 1.70. The molecule has 0 bridgehead atoms. The van der Waals surface area contributed by atoms with E-state index < -0.39 is 10.0 Å². The molecule has 0 radical (unpaired) electrons. The second-order valence-electron chi connectivity index (χ2n) is 7.79. The molecule has 162 valence electrons. The van der Waals surface area contributed by atoms with Gasteiger partial charge in [-0.15, -0.1) is 11.3 Å². The minimum Gasteiger partial charge on any atom is -0.494 e. The van der Waals surface area contributed by atoms with Crippen molar-refractivity contribution < 1.29 is 17.9 Å². The van der Waals surface area contributed by atoms with E-state index in [4.69, 9.17) is 4.74 Å². The predicted molar refractivity (Wildman–Crippen MR) is 117 cm³/mol. The quantitative estimate of drug-likeness (QED) is 0.672. The Bertz CT molecular complexity index is 950. The van der Waals surface area contributed by atoms with E-state index in [2.05, 4.69) is 11.4 Å². The molecule has 2 aliphatic heterocycles. The number of hydrogen-bond donors (Lipinski definition) is 0. The second-order valence-corrected chi connectivity index (χ2v) is 10.7. The first-order valence-electron chi connectivity index (χ1n) is 10.6. The third-order valence-electron chi connectivity index (χ3n) is 5.98. The molecule has 2 aliphatic rings. The lowest BCUT2D eigenvalue weighted by atomic mass is 9.96. The number of hydrogen-bond acceptors (Lipinski definition) is 5. The fourth-order valence-corrected chi connectivity index (χ4v) is 6.75. The van der Waals surface area contributed by atoms with Crippen molar-refractivity contribution in [3.8, 4) is 5.75 Å². The van der Waals surface area contributed by atoms with Crippen LogP contribution >= 0.6 is 11.3 Å². The molecule has 2 fully saturated rings. The van der Waals surface area contributed by atoms with Crippen LogP contribution in [-0.2, 0) is 14.8 Å². The number of thiophene rings is 1. The summed E-state index contributed by atoms with van der Waals surface area (Å²) < 4.78 is 32.9. The summed E-state index contributed by atoms with van der Waals surface area (Å²) in [6.07, 6.45) is 3.18. The lowest BCUT2D eigenvalue weighted by molar-refractivity contribution is -0.137. The Morgan fingerprint density at radius 2 is 1.83 bits per heavy atom. The Hall–Kier alpha value is -1.90. The summed E-state index contributed by atoms with van der Waals surface area (Å²) in [6.45, 7) is 3.98. The van der Waals surface area contributed by atoms with Crippen LogP contribution in [0.4, 0.5) is 0 Å². The van der Waals surface area contributed by atoms with E-state index in [1.807, 2.05) is 17.9 Å². The molecular weight excluding hydrogens is 420 g/mol. The summed E-state index contributed by atoms with van der Waals surface area (Å²) in [4.78, 5) is 16.7. The number of likely N-dealkylation sites (tertiary alicyclic amines) is 1. The first kappa shape index (κ1) is 21.3. The van der Waals surface area contributed by atoms with Crippen molar-refractivity contribution >= 4 is 27.3 Å². The van der Waals surface area contributed by atoms with Gasteiger partial charge in [-0.05, 0) is 68.3 Å². The van der Waals surface area contributed by atoms with Crippen LogP contribution in [0.5, 0.6) is 5.75 Å². The highest BCUT2D eigenvalue weighted by Gasteiger charge is 2.37. The summed E-state index contributed by atoms with van der Waals surface area (Å²) in [5.74, 6) is 0.744. The van der Waals surface area contributed by atoms with Gasteiger partial charge in [0.2, 0.25) is 15.9 Å². The number of nitrogens with zero attached hydrogens (tertiary/aromatic N) is 2. The van der Waals surface area contributed by atoms with Gasteiger partial charge in [0.1, 0.15) is 5.75 Å². The molecule has 0 aliphatic carbocycles. The van der Waals surface area contributed by atoms with Crippen molar-refractivity contribution in [3.05, 3.63) is 46.7 Å². The molecule has 30 heavy (non-hydrogen) atoms. The van der Waals surface area contributed by atoms with Crippen LogP contribution in [-0.4, -0.2) is 49.8 Å². The third-order valence-corrected chi connectivity index (χ3v) is 8.87.